The van der Waals surface area contributed by atoms with Crippen molar-refractivity contribution in [3.8, 4) is 67.9 Å². The van der Waals surface area contributed by atoms with Gasteiger partial charge in [-0.05, 0) is 88.3 Å². The summed E-state index contributed by atoms with van der Waals surface area (Å²) in [5.41, 5.74) is 13.0. The number of rotatable bonds is 5. The number of hydrogen-bond donors (Lipinski definition) is 0. The summed E-state index contributed by atoms with van der Waals surface area (Å²) in [5.74, 6) is 2.60. The van der Waals surface area contributed by atoms with Gasteiger partial charge in [0, 0.05) is 42.4 Å². The Morgan fingerprint density at radius 3 is 2.02 bits per heavy atom. The summed E-state index contributed by atoms with van der Waals surface area (Å²) in [6.45, 7) is 0. The maximum Gasteiger partial charge on any atom is 0.227 e. The number of benzene rings is 7. The number of oxazole rings is 1. The molecule has 0 saturated carbocycles. The Bertz CT molecular complexity index is 3000. The zero-order chi connectivity index (χ0) is 34.9. The smallest absolute Gasteiger partial charge is 0.227 e. The quantitative estimate of drug-likeness (QED) is 0.179. The van der Waals surface area contributed by atoms with Gasteiger partial charge in [-0.3, -0.25) is 0 Å². The Morgan fingerprint density at radius 2 is 1.13 bits per heavy atom. The molecule has 0 amide bonds. The Hall–Kier alpha value is -6.76. The van der Waals surface area contributed by atoms with E-state index in [0.29, 0.717) is 23.4 Å². The molecule has 1 aliphatic rings. The second-order valence-electron chi connectivity index (χ2n) is 13.4. The largest absolute Gasteiger partial charge is 0.436 e. The number of fused-ring (bicyclic) bond motifs is 7. The minimum atomic E-state index is 0.623. The van der Waals surface area contributed by atoms with E-state index in [4.69, 9.17) is 19.4 Å². The average molecular weight is 697 g/mol. The fourth-order valence-electron chi connectivity index (χ4n) is 7.60. The standard InChI is InChI=1S/C47H28N4OS/c1-2-9-29(10-3-1)44-49-45(34-22-21-33-25-32-11-4-5-12-35(32)37(33)27-34)51-46(50-44)36-13-8-16-42-43(36)38-26-31(23-24-41(38)53-42)28-17-19-30(20-18-28)47-48-39-14-6-7-15-40(39)52-47/h1-24,26-27H,25H2. The lowest BCUT2D eigenvalue weighted by molar-refractivity contribution is 0.620. The highest BCUT2D eigenvalue weighted by molar-refractivity contribution is 7.26. The monoisotopic (exact) mass is 696 g/mol. The molecule has 11 rings (SSSR count). The number of aromatic nitrogens is 4. The lowest BCUT2D eigenvalue weighted by atomic mass is 9.99. The van der Waals surface area contributed by atoms with Gasteiger partial charge < -0.3 is 4.42 Å². The molecule has 0 radical (unpaired) electrons. The van der Waals surface area contributed by atoms with Crippen LogP contribution in [0.25, 0.3) is 99.1 Å². The molecule has 1 aliphatic carbocycles. The second-order valence-corrected chi connectivity index (χ2v) is 14.5. The van der Waals surface area contributed by atoms with Crippen molar-refractivity contribution in [2.75, 3.05) is 0 Å². The predicted molar refractivity (Wildman–Crippen MR) is 216 cm³/mol. The van der Waals surface area contributed by atoms with Crippen LogP contribution in [0, 0.1) is 0 Å². The van der Waals surface area contributed by atoms with Crippen molar-refractivity contribution >= 4 is 42.6 Å². The highest BCUT2D eigenvalue weighted by Crippen LogP contribution is 2.42. The zero-order valence-electron chi connectivity index (χ0n) is 28.3. The normalized spacial score (nSPS) is 12.1. The third kappa shape index (κ3) is 5.06. The average Bonchev–Trinajstić information content (AvgIpc) is 3.94. The minimum absolute atomic E-state index is 0.623. The SMILES string of the molecule is c1ccc(-c2nc(-c3ccc4c(c3)-c3ccccc3C4)nc(-c3cccc4sc5ccc(-c6ccc(-c7nc8ccccc8o7)cc6)cc5c34)n2)cc1. The molecule has 0 saturated heterocycles. The van der Waals surface area contributed by atoms with Crippen LogP contribution in [0.5, 0.6) is 0 Å². The van der Waals surface area contributed by atoms with Gasteiger partial charge in [0.05, 0.1) is 0 Å². The van der Waals surface area contributed by atoms with E-state index in [1.54, 1.807) is 11.3 Å². The molecule has 3 aromatic heterocycles. The molecule has 0 unspecified atom stereocenters. The summed E-state index contributed by atoms with van der Waals surface area (Å²) in [6.07, 6.45) is 0.946. The molecule has 53 heavy (non-hydrogen) atoms. The molecular weight excluding hydrogens is 669 g/mol. The summed E-state index contributed by atoms with van der Waals surface area (Å²) in [6, 6.07) is 54.9. The van der Waals surface area contributed by atoms with Crippen LogP contribution in [0.1, 0.15) is 11.1 Å². The van der Waals surface area contributed by atoms with Gasteiger partial charge in [0.1, 0.15) is 5.52 Å². The third-order valence-electron chi connectivity index (χ3n) is 10.2. The van der Waals surface area contributed by atoms with Crippen LogP contribution in [0.3, 0.4) is 0 Å². The highest BCUT2D eigenvalue weighted by Gasteiger charge is 2.21. The number of para-hydroxylation sites is 2. The van der Waals surface area contributed by atoms with Crippen molar-refractivity contribution in [2.24, 2.45) is 0 Å². The van der Waals surface area contributed by atoms with Crippen molar-refractivity contribution in [3.63, 3.8) is 0 Å². The van der Waals surface area contributed by atoms with Gasteiger partial charge in [0.25, 0.3) is 0 Å². The van der Waals surface area contributed by atoms with Crippen molar-refractivity contribution in [1.29, 1.82) is 0 Å². The third-order valence-corrected chi connectivity index (χ3v) is 11.4. The number of hydrogen-bond acceptors (Lipinski definition) is 6. The van der Waals surface area contributed by atoms with E-state index in [2.05, 4.69) is 120 Å². The summed E-state index contributed by atoms with van der Waals surface area (Å²) in [4.78, 5) is 20.1. The summed E-state index contributed by atoms with van der Waals surface area (Å²) >= 11 is 1.79. The number of nitrogens with zero attached hydrogens (tertiary/aromatic N) is 4. The topological polar surface area (TPSA) is 64.7 Å². The Kier molecular flexibility index (Phi) is 6.72. The van der Waals surface area contributed by atoms with E-state index in [9.17, 15) is 0 Å². The van der Waals surface area contributed by atoms with Gasteiger partial charge in [-0.15, -0.1) is 11.3 Å². The molecule has 0 spiro atoms. The molecule has 0 aliphatic heterocycles. The molecule has 5 nitrogen and oxygen atoms in total. The number of thiophene rings is 1. The van der Waals surface area contributed by atoms with Crippen molar-refractivity contribution in [3.05, 3.63) is 169 Å². The highest BCUT2D eigenvalue weighted by atomic mass is 32.1. The molecule has 7 aromatic carbocycles. The molecule has 6 heteroatoms. The van der Waals surface area contributed by atoms with Gasteiger partial charge in [-0.1, -0.05) is 109 Å². The van der Waals surface area contributed by atoms with E-state index < -0.39 is 0 Å². The lowest BCUT2D eigenvalue weighted by Crippen LogP contribution is -2.00. The first-order chi connectivity index (χ1) is 26.2. The molecule has 0 atom stereocenters. The zero-order valence-corrected chi connectivity index (χ0v) is 29.1. The van der Waals surface area contributed by atoms with Crippen LogP contribution < -0.4 is 0 Å². The van der Waals surface area contributed by atoms with Crippen LogP contribution in [0.4, 0.5) is 0 Å². The van der Waals surface area contributed by atoms with E-state index in [-0.39, 0.29) is 0 Å². The Morgan fingerprint density at radius 1 is 0.434 bits per heavy atom. The molecular formula is C47H28N4OS. The van der Waals surface area contributed by atoms with Gasteiger partial charge in [-0.2, -0.15) is 0 Å². The van der Waals surface area contributed by atoms with E-state index in [0.717, 1.165) is 56.3 Å². The summed E-state index contributed by atoms with van der Waals surface area (Å²) < 4.78 is 8.44. The first-order valence-electron chi connectivity index (χ1n) is 17.7. The molecule has 0 N–H and O–H groups in total. The van der Waals surface area contributed by atoms with Crippen molar-refractivity contribution in [2.45, 2.75) is 6.42 Å². The van der Waals surface area contributed by atoms with E-state index in [1.165, 1.54) is 37.0 Å². The fraction of sp³-hybridized carbons (Fsp3) is 0.0213. The second kappa shape index (κ2) is 11.9. The minimum Gasteiger partial charge on any atom is -0.436 e. The molecule has 0 bridgehead atoms. The fourth-order valence-corrected chi connectivity index (χ4v) is 8.71. The van der Waals surface area contributed by atoms with Crippen molar-refractivity contribution in [1.82, 2.24) is 19.9 Å². The van der Waals surface area contributed by atoms with Crippen molar-refractivity contribution < 1.29 is 4.42 Å². The lowest BCUT2D eigenvalue weighted by Gasteiger charge is -2.11. The van der Waals surface area contributed by atoms with Gasteiger partial charge in [0.15, 0.2) is 23.1 Å². The van der Waals surface area contributed by atoms with Crippen LogP contribution in [-0.4, -0.2) is 19.9 Å². The van der Waals surface area contributed by atoms with Crippen LogP contribution >= 0.6 is 11.3 Å². The van der Waals surface area contributed by atoms with Gasteiger partial charge in [-0.25, -0.2) is 19.9 Å². The molecule has 10 aromatic rings. The van der Waals surface area contributed by atoms with Crippen LogP contribution in [-0.2, 0) is 6.42 Å². The Labute approximate surface area is 308 Å². The first-order valence-corrected chi connectivity index (χ1v) is 18.5. The molecule has 3 heterocycles. The summed E-state index contributed by atoms with van der Waals surface area (Å²) in [7, 11) is 0. The maximum atomic E-state index is 6.03. The predicted octanol–water partition coefficient (Wildman–Crippen LogP) is 12.3. The van der Waals surface area contributed by atoms with Crippen LogP contribution in [0.15, 0.2) is 162 Å². The van der Waals surface area contributed by atoms with E-state index >= 15 is 0 Å². The van der Waals surface area contributed by atoms with E-state index in [1.807, 2.05) is 42.5 Å². The van der Waals surface area contributed by atoms with Gasteiger partial charge >= 0.3 is 0 Å². The van der Waals surface area contributed by atoms with Gasteiger partial charge in [0.2, 0.25) is 5.89 Å². The Balaban J connectivity index is 1.04. The molecule has 0 fully saturated rings. The van der Waals surface area contributed by atoms with Crippen LogP contribution in [0.2, 0.25) is 0 Å². The first kappa shape index (κ1) is 29.9. The summed E-state index contributed by atoms with van der Waals surface area (Å²) in [5, 5.41) is 2.33. The molecule has 248 valence electrons. The maximum absolute atomic E-state index is 6.03.